The molecule has 7 heteroatoms. The maximum Gasteiger partial charge on any atom is 0.254 e. The number of hydrogen-bond acceptors (Lipinski definition) is 3. The highest BCUT2D eigenvalue weighted by molar-refractivity contribution is 6.01. The molecule has 2 aromatic carbocycles. The largest absolute Gasteiger partial charge is 0.335 e. The van der Waals surface area contributed by atoms with Gasteiger partial charge in [0.2, 0.25) is 11.8 Å². The Morgan fingerprint density at radius 3 is 2.21 bits per heavy atom. The van der Waals surface area contributed by atoms with Gasteiger partial charge in [0, 0.05) is 25.5 Å². The lowest BCUT2D eigenvalue weighted by molar-refractivity contribution is -0.139. The molecule has 0 bridgehead atoms. The fraction of sp³-hybridized carbons (Fsp3) is 0.286. The highest BCUT2D eigenvalue weighted by Gasteiger charge is 2.28. The molecule has 1 saturated heterocycles. The molecule has 2 aromatic rings. The van der Waals surface area contributed by atoms with Gasteiger partial charge in [-0.2, -0.15) is 0 Å². The molecular weight excluding hydrogens is 366 g/mol. The lowest BCUT2D eigenvalue weighted by atomic mass is 10.1. The Bertz CT molecular complexity index is 912. The first-order chi connectivity index (χ1) is 13.3. The van der Waals surface area contributed by atoms with Crippen molar-refractivity contribution in [1.82, 2.24) is 9.80 Å². The SMILES string of the molecule is CC(c1ccc(F)c(F)c1)N(C)C(=O)c1ccc(CN2C(=O)CCC2=O)cc1. The van der Waals surface area contributed by atoms with Gasteiger partial charge in [0.15, 0.2) is 11.6 Å². The molecule has 0 saturated carbocycles. The topological polar surface area (TPSA) is 57.7 Å². The Morgan fingerprint density at radius 2 is 1.64 bits per heavy atom. The Kier molecular flexibility index (Phi) is 5.53. The number of hydrogen-bond donors (Lipinski definition) is 0. The van der Waals surface area contributed by atoms with Crippen molar-refractivity contribution in [2.75, 3.05) is 7.05 Å². The minimum Gasteiger partial charge on any atom is -0.335 e. The molecule has 0 spiro atoms. The lowest BCUT2D eigenvalue weighted by Crippen LogP contribution is -2.30. The Labute approximate surface area is 161 Å². The Morgan fingerprint density at radius 1 is 1.04 bits per heavy atom. The second kappa shape index (κ2) is 7.88. The standard InChI is InChI=1S/C21H20F2N2O3/c1-13(16-7-8-17(22)18(23)11-16)24(2)21(28)15-5-3-14(4-6-15)12-25-19(26)9-10-20(25)27/h3-8,11,13H,9-10,12H2,1-2H3. The van der Waals surface area contributed by atoms with Crippen molar-refractivity contribution in [2.45, 2.75) is 32.4 Å². The molecule has 146 valence electrons. The molecule has 3 rings (SSSR count). The van der Waals surface area contributed by atoms with Gasteiger partial charge in [0.25, 0.3) is 5.91 Å². The number of rotatable bonds is 5. The van der Waals surface area contributed by atoms with Crippen molar-refractivity contribution in [3.8, 4) is 0 Å². The zero-order chi connectivity index (χ0) is 20.4. The van der Waals surface area contributed by atoms with E-state index in [-0.39, 0.29) is 37.1 Å². The monoisotopic (exact) mass is 386 g/mol. The second-order valence-electron chi connectivity index (χ2n) is 6.84. The quantitative estimate of drug-likeness (QED) is 0.740. The molecule has 0 aromatic heterocycles. The zero-order valence-electron chi connectivity index (χ0n) is 15.6. The predicted octanol–water partition coefficient (Wildman–Crippen LogP) is 3.45. The number of benzene rings is 2. The van der Waals surface area contributed by atoms with Gasteiger partial charge in [-0.3, -0.25) is 19.3 Å². The lowest BCUT2D eigenvalue weighted by Gasteiger charge is -2.25. The Hall–Kier alpha value is -3.09. The third-order valence-electron chi connectivity index (χ3n) is 5.02. The number of carbonyl (C=O) groups is 3. The fourth-order valence-electron chi connectivity index (χ4n) is 3.11. The van der Waals surface area contributed by atoms with Crippen LogP contribution in [0.5, 0.6) is 0 Å². The van der Waals surface area contributed by atoms with Crippen LogP contribution in [0.2, 0.25) is 0 Å². The molecule has 1 atom stereocenters. The predicted molar refractivity (Wildman–Crippen MR) is 98.1 cm³/mol. The summed E-state index contributed by atoms with van der Waals surface area (Å²) in [5, 5.41) is 0. The molecule has 28 heavy (non-hydrogen) atoms. The molecule has 1 unspecified atom stereocenters. The van der Waals surface area contributed by atoms with Gasteiger partial charge in [-0.25, -0.2) is 8.78 Å². The second-order valence-corrected chi connectivity index (χ2v) is 6.84. The van der Waals surface area contributed by atoms with E-state index in [1.165, 1.54) is 15.9 Å². The summed E-state index contributed by atoms with van der Waals surface area (Å²) in [6.07, 6.45) is 0.476. The van der Waals surface area contributed by atoms with Gasteiger partial charge < -0.3 is 4.90 Å². The average Bonchev–Trinajstić information content (AvgIpc) is 3.01. The van der Waals surface area contributed by atoms with Gasteiger partial charge in [-0.1, -0.05) is 18.2 Å². The summed E-state index contributed by atoms with van der Waals surface area (Å²) >= 11 is 0. The fourth-order valence-corrected chi connectivity index (χ4v) is 3.11. The zero-order valence-corrected chi connectivity index (χ0v) is 15.6. The molecule has 0 aliphatic carbocycles. The van der Waals surface area contributed by atoms with E-state index in [2.05, 4.69) is 0 Å². The van der Waals surface area contributed by atoms with E-state index in [0.29, 0.717) is 11.1 Å². The van der Waals surface area contributed by atoms with Crippen LogP contribution < -0.4 is 0 Å². The summed E-state index contributed by atoms with van der Waals surface area (Å²) in [7, 11) is 1.59. The number of imide groups is 1. The van der Waals surface area contributed by atoms with Crippen LogP contribution in [0.4, 0.5) is 8.78 Å². The summed E-state index contributed by atoms with van der Waals surface area (Å²) in [6, 6.07) is 9.74. The van der Waals surface area contributed by atoms with Crippen molar-refractivity contribution in [2.24, 2.45) is 0 Å². The van der Waals surface area contributed by atoms with Crippen molar-refractivity contribution in [3.05, 3.63) is 70.8 Å². The van der Waals surface area contributed by atoms with Crippen molar-refractivity contribution in [3.63, 3.8) is 0 Å². The Balaban J connectivity index is 1.70. The first-order valence-electron chi connectivity index (χ1n) is 8.92. The van der Waals surface area contributed by atoms with E-state index in [4.69, 9.17) is 0 Å². The molecule has 1 heterocycles. The first kappa shape index (κ1) is 19.7. The molecule has 0 radical (unpaired) electrons. The van der Waals surface area contributed by atoms with Gasteiger partial charge in [-0.15, -0.1) is 0 Å². The first-order valence-corrected chi connectivity index (χ1v) is 8.92. The molecule has 1 fully saturated rings. The molecule has 1 aliphatic rings. The third-order valence-corrected chi connectivity index (χ3v) is 5.02. The minimum absolute atomic E-state index is 0.188. The minimum atomic E-state index is -0.958. The number of likely N-dealkylation sites (tertiary alicyclic amines) is 1. The molecule has 3 amide bonds. The normalized spacial score (nSPS) is 15.1. The molecule has 1 aliphatic heterocycles. The number of nitrogens with zero attached hydrogens (tertiary/aromatic N) is 2. The van der Waals surface area contributed by atoms with Crippen LogP contribution >= 0.6 is 0 Å². The molecule has 5 nitrogen and oxygen atoms in total. The van der Waals surface area contributed by atoms with E-state index in [9.17, 15) is 23.2 Å². The summed E-state index contributed by atoms with van der Waals surface area (Å²) in [4.78, 5) is 38.8. The molecule has 0 N–H and O–H groups in total. The third kappa shape index (κ3) is 3.93. The smallest absolute Gasteiger partial charge is 0.254 e. The van der Waals surface area contributed by atoms with Gasteiger partial charge in [0.05, 0.1) is 12.6 Å². The van der Waals surface area contributed by atoms with Crippen LogP contribution in [0.15, 0.2) is 42.5 Å². The van der Waals surface area contributed by atoms with Crippen LogP contribution in [-0.2, 0) is 16.1 Å². The highest BCUT2D eigenvalue weighted by atomic mass is 19.2. The van der Waals surface area contributed by atoms with Crippen molar-refractivity contribution in [1.29, 1.82) is 0 Å². The van der Waals surface area contributed by atoms with E-state index >= 15 is 0 Å². The number of amides is 3. The van der Waals surface area contributed by atoms with E-state index in [1.807, 2.05) is 0 Å². The van der Waals surface area contributed by atoms with E-state index < -0.39 is 17.7 Å². The van der Waals surface area contributed by atoms with E-state index in [1.54, 1.807) is 38.2 Å². The van der Waals surface area contributed by atoms with Crippen LogP contribution in [0.3, 0.4) is 0 Å². The van der Waals surface area contributed by atoms with E-state index in [0.717, 1.165) is 17.7 Å². The van der Waals surface area contributed by atoms with Crippen LogP contribution in [-0.4, -0.2) is 34.6 Å². The summed E-state index contributed by atoms with van der Waals surface area (Å²) < 4.78 is 26.6. The van der Waals surface area contributed by atoms with Crippen LogP contribution in [0, 0.1) is 11.6 Å². The summed E-state index contributed by atoms with van der Waals surface area (Å²) in [6.45, 7) is 1.91. The van der Waals surface area contributed by atoms with Gasteiger partial charge >= 0.3 is 0 Å². The van der Waals surface area contributed by atoms with Crippen LogP contribution in [0.25, 0.3) is 0 Å². The summed E-state index contributed by atoms with van der Waals surface area (Å²) in [5.74, 6) is -2.55. The average molecular weight is 386 g/mol. The van der Waals surface area contributed by atoms with Crippen molar-refractivity contribution < 1.29 is 23.2 Å². The maximum atomic E-state index is 13.5. The summed E-state index contributed by atoms with van der Waals surface area (Å²) in [5.41, 5.74) is 1.65. The maximum absolute atomic E-state index is 13.5. The highest BCUT2D eigenvalue weighted by Crippen LogP contribution is 2.23. The van der Waals surface area contributed by atoms with Gasteiger partial charge in [-0.05, 0) is 42.3 Å². The van der Waals surface area contributed by atoms with Crippen LogP contribution in [0.1, 0.15) is 47.3 Å². The molecular formula is C21H20F2N2O3. The number of carbonyl (C=O) groups excluding carboxylic acids is 3. The van der Waals surface area contributed by atoms with Crippen molar-refractivity contribution >= 4 is 17.7 Å². The van der Waals surface area contributed by atoms with Gasteiger partial charge in [0.1, 0.15) is 0 Å². The number of halogens is 2.